The third-order valence-electron chi connectivity index (χ3n) is 2.33. The van der Waals surface area contributed by atoms with Crippen LogP contribution in [0, 0.1) is 11.3 Å². The number of Topliss-reactive ketones (excluding diaryl/α,β-unsaturated/α-hetero) is 1. The van der Waals surface area contributed by atoms with Gasteiger partial charge in [0.15, 0.2) is 0 Å². The van der Waals surface area contributed by atoms with Crippen LogP contribution in [0.5, 0.6) is 0 Å². The highest BCUT2D eigenvalue weighted by atomic mass is 16.1. The molecule has 1 rings (SSSR count). The molecule has 0 bridgehead atoms. The molecule has 0 aliphatic heterocycles. The molecule has 0 saturated heterocycles. The highest BCUT2D eigenvalue weighted by Gasteiger charge is 2.28. The molecule has 1 atom stereocenters. The molecule has 1 aliphatic rings. The molecule has 1 nitrogen and oxygen atoms in total. The summed E-state index contributed by atoms with van der Waals surface area (Å²) >= 11 is 0. The van der Waals surface area contributed by atoms with Crippen molar-refractivity contribution in [2.75, 3.05) is 0 Å². The van der Waals surface area contributed by atoms with Gasteiger partial charge in [0.25, 0.3) is 0 Å². The quantitative estimate of drug-likeness (QED) is 0.547. The maximum atomic E-state index is 11.8. The fourth-order valence-electron chi connectivity index (χ4n) is 1.59. The van der Waals surface area contributed by atoms with Gasteiger partial charge >= 0.3 is 0 Å². The van der Waals surface area contributed by atoms with Crippen LogP contribution < -0.4 is 0 Å². The molecule has 0 spiro atoms. The Morgan fingerprint density at radius 1 is 1.42 bits per heavy atom. The van der Waals surface area contributed by atoms with Gasteiger partial charge in [-0.3, -0.25) is 4.79 Å². The minimum absolute atomic E-state index is 0.174. The standard InChI is InChI=1S/C11H18O/c1-11(2,3)10(12)9-7-5-4-6-8-9/h5,7,9H,4,6,8H2,1-3H3/t9-/m0/s1. The van der Waals surface area contributed by atoms with Gasteiger partial charge in [0.2, 0.25) is 0 Å². The van der Waals surface area contributed by atoms with E-state index in [0.29, 0.717) is 5.78 Å². The van der Waals surface area contributed by atoms with Crippen LogP contribution in [-0.4, -0.2) is 5.78 Å². The first-order chi connectivity index (χ1) is 5.52. The van der Waals surface area contributed by atoms with Crippen molar-refractivity contribution < 1.29 is 4.79 Å². The van der Waals surface area contributed by atoms with Crippen LogP contribution >= 0.6 is 0 Å². The summed E-state index contributed by atoms with van der Waals surface area (Å²) in [4.78, 5) is 11.8. The topological polar surface area (TPSA) is 17.1 Å². The van der Waals surface area contributed by atoms with E-state index in [1.807, 2.05) is 20.8 Å². The van der Waals surface area contributed by atoms with Crippen molar-refractivity contribution in [2.45, 2.75) is 40.0 Å². The molecule has 0 saturated carbocycles. The summed E-state index contributed by atoms with van der Waals surface area (Å²) in [5.41, 5.74) is -0.174. The van der Waals surface area contributed by atoms with E-state index in [0.717, 1.165) is 12.8 Å². The minimum atomic E-state index is -0.174. The molecule has 0 aromatic carbocycles. The molecule has 0 unspecified atom stereocenters. The van der Waals surface area contributed by atoms with E-state index in [2.05, 4.69) is 12.2 Å². The van der Waals surface area contributed by atoms with E-state index in [4.69, 9.17) is 0 Å². The number of carbonyl (C=O) groups excluding carboxylic acids is 1. The number of ketones is 1. The van der Waals surface area contributed by atoms with Crippen molar-refractivity contribution >= 4 is 5.78 Å². The predicted molar refractivity (Wildman–Crippen MR) is 50.9 cm³/mol. The van der Waals surface area contributed by atoms with Crippen LogP contribution in [-0.2, 0) is 4.79 Å². The molecule has 0 heterocycles. The molecule has 1 heteroatoms. The minimum Gasteiger partial charge on any atom is -0.298 e. The van der Waals surface area contributed by atoms with Crippen molar-refractivity contribution in [3.63, 3.8) is 0 Å². The average molecular weight is 166 g/mol. The first kappa shape index (κ1) is 9.50. The molecule has 0 fully saturated rings. The number of carbonyl (C=O) groups is 1. The summed E-state index contributed by atoms with van der Waals surface area (Å²) in [5, 5.41) is 0. The highest BCUT2D eigenvalue weighted by Crippen LogP contribution is 2.26. The zero-order valence-electron chi connectivity index (χ0n) is 8.26. The molecule has 0 radical (unpaired) electrons. The van der Waals surface area contributed by atoms with Crippen LogP contribution in [0.2, 0.25) is 0 Å². The van der Waals surface area contributed by atoms with Crippen LogP contribution in [0.3, 0.4) is 0 Å². The van der Waals surface area contributed by atoms with Gasteiger partial charge in [-0.15, -0.1) is 0 Å². The number of hydrogen-bond acceptors (Lipinski definition) is 1. The Labute approximate surface area is 74.9 Å². The summed E-state index contributed by atoms with van der Waals surface area (Å²) < 4.78 is 0. The Morgan fingerprint density at radius 2 is 2.08 bits per heavy atom. The van der Waals surface area contributed by atoms with Crippen molar-refractivity contribution in [2.24, 2.45) is 11.3 Å². The van der Waals surface area contributed by atoms with Crippen molar-refractivity contribution in [3.8, 4) is 0 Å². The van der Waals surface area contributed by atoms with Crippen LogP contribution in [0.1, 0.15) is 40.0 Å². The highest BCUT2D eigenvalue weighted by molar-refractivity contribution is 5.87. The summed E-state index contributed by atoms with van der Waals surface area (Å²) in [6.45, 7) is 5.99. The smallest absolute Gasteiger partial charge is 0.145 e. The third-order valence-corrected chi connectivity index (χ3v) is 2.33. The molecule has 0 aromatic rings. The predicted octanol–water partition coefficient (Wildman–Crippen LogP) is 2.96. The zero-order valence-corrected chi connectivity index (χ0v) is 8.26. The molecular weight excluding hydrogens is 148 g/mol. The largest absolute Gasteiger partial charge is 0.298 e. The van der Waals surface area contributed by atoms with E-state index in [-0.39, 0.29) is 11.3 Å². The molecular formula is C11H18O. The van der Waals surface area contributed by atoms with Gasteiger partial charge in [-0.1, -0.05) is 32.9 Å². The Balaban J connectivity index is 2.64. The van der Waals surface area contributed by atoms with Gasteiger partial charge in [-0.2, -0.15) is 0 Å². The Kier molecular flexibility index (Phi) is 2.71. The second-order valence-corrected chi connectivity index (χ2v) is 4.58. The van der Waals surface area contributed by atoms with Gasteiger partial charge in [-0.05, 0) is 19.3 Å². The van der Waals surface area contributed by atoms with Gasteiger partial charge in [0.05, 0.1) is 0 Å². The van der Waals surface area contributed by atoms with Gasteiger partial charge in [0.1, 0.15) is 5.78 Å². The van der Waals surface area contributed by atoms with Crippen LogP contribution in [0.15, 0.2) is 12.2 Å². The Bertz CT molecular complexity index is 196. The number of rotatable bonds is 1. The number of hydrogen-bond donors (Lipinski definition) is 0. The summed E-state index contributed by atoms with van der Waals surface area (Å²) in [6.07, 6.45) is 7.58. The molecule has 68 valence electrons. The lowest BCUT2D eigenvalue weighted by atomic mass is 9.79. The van der Waals surface area contributed by atoms with Gasteiger partial charge in [0, 0.05) is 11.3 Å². The summed E-state index contributed by atoms with van der Waals surface area (Å²) in [5.74, 6) is 0.581. The summed E-state index contributed by atoms with van der Waals surface area (Å²) in [6, 6.07) is 0. The fourth-order valence-corrected chi connectivity index (χ4v) is 1.59. The maximum Gasteiger partial charge on any atom is 0.145 e. The summed E-state index contributed by atoms with van der Waals surface area (Å²) in [7, 11) is 0. The number of allylic oxidation sites excluding steroid dienone is 2. The normalized spacial score (nSPS) is 24.1. The fraction of sp³-hybridized carbons (Fsp3) is 0.727. The SMILES string of the molecule is CC(C)(C)C(=O)[C@H]1C=CCCC1. The van der Waals surface area contributed by atoms with Crippen molar-refractivity contribution in [1.29, 1.82) is 0 Å². The monoisotopic (exact) mass is 166 g/mol. The second kappa shape index (κ2) is 3.42. The Morgan fingerprint density at radius 3 is 2.50 bits per heavy atom. The third kappa shape index (κ3) is 2.20. The van der Waals surface area contributed by atoms with E-state index in [9.17, 15) is 4.79 Å². The van der Waals surface area contributed by atoms with E-state index >= 15 is 0 Å². The molecule has 12 heavy (non-hydrogen) atoms. The van der Waals surface area contributed by atoms with E-state index in [1.165, 1.54) is 6.42 Å². The molecule has 0 aromatic heterocycles. The van der Waals surface area contributed by atoms with Crippen molar-refractivity contribution in [3.05, 3.63) is 12.2 Å². The first-order valence-electron chi connectivity index (χ1n) is 4.73. The maximum absolute atomic E-state index is 11.8. The molecule has 1 aliphatic carbocycles. The lowest BCUT2D eigenvalue weighted by Crippen LogP contribution is -2.28. The van der Waals surface area contributed by atoms with Crippen molar-refractivity contribution in [1.82, 2.24) is 0 Å². The zero-order chi connectivity index (χ0) is 9.19. The van der Waals surface area contributed by atoms with E-state index < -0.39 is 0 Å². The van der Waals surface area contributed by atoms with Gasteiger partial charge < -0.3 is 0 Å². The van der Waals surface area contributed by atoms with Gasteiger partial charge in [-0.25, -0.2) is 0 Å². The Hall–Kier alpha value is -0.590. The second-order valence-electron chi connectivity index (χ2n) is 4.58. The molecule has 0 N–H and O–H groups in total. The lowest BCUT2D eigenvalue weighted by molar-refractivity contribution is -0.129. The first-order valence-corrected chi connectivity index (χ1v) is 4.73. The molecule has 0 amide bonds. The average Bonchev–Trinajstić information content (AvgIpc) is 2.03. The van der Waals surface area contributed by atoms with E-state index in [1.54, 1.807) is 0 Å². The lowest BCUT2D eigenvalue weighted by Gasteiger charge is -2.24. The van der Waals surface area contributed by atoms with Crippen LogP contribution in [0.25, 0.3) is 0 Å². The van der Waals surface area contributed by atoms with Crippen LogP contribution in [0.4, 0.5) is 0 Å².